The van der Waals surface area contributed by atoms with Gasteiger partial charge in [0.15, 0.2) is 0 Å². The lowest BCUT2D eigenvalue weighted by Crippen LogP contribution is -2.29. The van der Waals surface area contributed by atoms with Crippen molar-refractivity contribution in [3.05, 3.63) is 24.3 Å². The first-order valence-corrected chi connectivity index (χ1v) is 8.56. The molecule has 1 saturated heterocycles. The fourth-order valence-electron chi connectivity index (χ4n) is 2.31. The molecule has 116 valence electrons. The van der Waals surface area contributed by atoms with E-state index in [2.05, 4.69) is 10.0 Å². The summed E-state index contributed by atoms with van der Waals surface area (Å²) in [5.74, 6) is 0.175. The number of amides is 1. The molecule has 0 saturated carbocycles. The molecule has 1 aromatic rings. The van der Waals surface area contributed by atoms with Crippen LogP contribution in [0.4, 0.5) is 5.69 Å². The lowest BCUT2D eigenvalue weighted by Gasteiger charge is -2.15. The van der Waals surface area contributed by atoms with Crippen LogP contribution in [0.25, 0.3) is 0 Å². The molecule has 1 aromatic carbocycles. The summed E-state index contributed by atoms with van der Waals surface area (Å²) in [5.41, 5.74) is 0.805. The Morgan fingerprint density at radius 3 is 2.38 bits per heavy atom. The molecule has 0 spiro atoms. The van der Waals surface area contributed by atoms with E-state index in [1.807, 2.05) is 4.90 Å². The number of anilines is 1. The molecule has 6 nitrogen and oxygen atoms in total. The molecular weight excluding hydrogens is 290 g/mol. The van der Waals surface area contributed by atoms with E-state index in [-0.39, 0.29) is 10.8 Å². The maximum absolute atomic E-state index is 11.9. The van der Waals surface area contributed by atoms with E-state index in [4.69, 9.17) is 0 Å². The molecular formula is C14H21N3O3S. The zero-order valence-corrected chi connectivity index (χ0v) is 12.9. The highest BCUT2D eigenvalue weighted by Crippen LogP contribution is 2.14. The second-order valence-electron chi connectivity index (χ2n) is 5.00. The fourth-order valence-corrected chi connectivity index (χ4v) is 3.04. The van der Waals surface area contributed by atoms with Crippen LogP contribution < -0.4 is 10.0 Å². The van der Waals surface area contributed by atoms with E-state index < -0.39 is 10.0 Å². The minimum atomic E-state index is -3.40. The minimum absolute atomic E-state index is 0.175. The zero-order valence-electron chi connectivity index (χ0n) is 12.1. The number of hydrogen-bond acceptors (Lipinski definition) is 4. The van der Waals surface area contributed by atoms with Crippen LogP contribution in [0, 0.1) is 0 Å². The Bertz CT molecular complexity index is 578. The number of hydrogen-bond donors (Lipinski definition) is 2. The predicted molar refractivity (Wildman–Crippen MR) is 81.6 cm³/mol. The largest absolute Gasteiger partial charge is 0.385 e. The highest BCUT2D eigenvalue weighted by molar-refractivity contribution is 7.89. The summed E-state index contributed by atoms with van der Waals surface area (Å²) in [6.45, 7) is 2.29. The number of carbonyl (C=O) groups is 1. The first-order valence-electron chi connectivity index (χ1n) is 7.08. The number of nitrogens with zero attached hydrogens (tertiary/aromatic N) is 1. The van der Waals surface area contributed by atoms with Gasteiger partial charge in [0.1, 0.15) is 0 Å². The van der Waals surface area contributed by atoms with Crippen molar-refractivity contribution in [3.63, 3.8) is 0 Å². The van der Waals surface area contributed by atoms with Gasteiger partial charge >= 0.3 is 0 Å². The Kier molecular flexibility index (Phi) is 5.19. The number of benzene rings is 1. The minimum Gasteiger partial charge on any atom is -0.385 e. The van der Waals surface area contributed by atoms with Gasteiger partial charge < -0.3 is 10.2 Å². The van der Waals surface area contributed by atoms with E-state index in [9.17, 15) is 13.2 Å². The van der Waals surface area contributed by atoms with Gasteiger partial charge in [0.2, 0.25) is 15.9 Å². The highest BCUT2D eigenvalue weighted by atomic mass is 32.2. The zero-order chi connectivity index (χ0) is 15.3. The molecule has 1 aliphatic heterocycles. The van der Waals surface area contributed by atoms with E-state index in [0.29, 0.717) is 13.0 Å². The van der Waals surface area contributed by atoms with Crippen molar-refractivity contribution < 1.29 is 13.2 Å². The molecule has 0 bridgehead atoms. The van der Waals surface area contributed by atoms with Crippen molar-refractivity contribution in [2.45, 2.75) is 24.2 Å². The summed E-state index contributed by atoms with van der Waals surface area (Å²) in [4.78, 5) is 14.0. The SMILES string of the molecule is CNS(=O)(=O)c1ccc(NCCC(=O)N2CCCC2)cc1. The molecule has 0 unspecified atom stereocenters. The Labute approximate surface area is 125 Å². The Hall–Kier alpha value is -1.60. The van der Waals surface area contributed by atoms with E-state index in [1.165, 1.54) is 19.2 Å². The van der Waals surface area contributed by atoms with Crippen LogP contribution in [-0.2, 0) is 14.8 Å². The first-order chi connectivity index (χ1) is 10.0. The van der Waals surface area contributed by atoms with Crippen LogP contribution >= 0.6 is 0 Å². The van der Waals surface area contributed by atoms with Gasteiger partial charge in [-0.05, 0) is 44.2 Å². The monoisotopic (exact) mass is 311 g/mol. The molecule has 1 heterocycles. The van der Waals surface area contributed by atoms with Gasteiger partial charge in [0.25, 0.3) is 0 Å². The van der Waals surface area contributed by atoms with Crippen LogP contribution in [0.5, 0.6) is 0 Å². The molecule has 0 aliphatic carbocycles. The molecule has 0 aromatic heterocycles. The predicted octanol–water partition coefficient (Wildman–Crippen LogP) is 1.02. The molecule has 7 heteroatoms. The molecule has 1 fully saturated rings. The van der Waals surface area contributed by atoms with E-state index >= 15 is 0 Å². The third kappa shape index (κ3) is 4.18. The van der Waals surface area contributed by atoms with Gasteiger partial charge in [0.05, 0.1) is 4.90 Å². The van der Waals surface area contributed by atoms with Gasteiger partial charge in [-0.1, -0.05) is 0 Å². The second kappa shape index (κ2) is 6.91. The van der Waals surface area contributed by atoms with E-state index in [0.717, 1.165) is 31.6 Å². The number of carbonyl (C=O) groups excluding carboxylic acids is 1. The normalized spacial score (nSPS) is 15.2. The van der Waals surface area contributed by atoms with Crippen LogP contribution in [0.2, 0.25) is 0 Å². The summed E-state index contributed by atoms with van der Waals surface area (Å²) in [7, 11) is -2.02. The topological polar surface area (TPSA) is 78.5 Å². The van der Waals surface area contributed by atoms with Crippen molar-refractivity contribution in [3.8, 4) is 0 Å². The van der Waals surface area contributed by atoms with Crippen molar-refractivity contribution >= 4 is 21.6 Å². The fraction of sp³-hybridized carbons (Fsp3) is 0.500. The van der Waals surface area contributed by atoms with Gasteiger partial charge in [-0.25, -0.2) is 13.1 Å². The van der Waals surface area contributed by atoms with Crippen LogP contribution in [0.3, 0.4) is 0 Å². The molecule has 2 N–H and O–H groups in total. The molecule has 1 amide bonds. The van der Waals surface area contributed by atoms with Gasteiger partial charge in [-0.2, -0.15) is 0 Å². The first kappa shape index (κ1) is 15.8. The molecule has 2 rings (SSSR count). The lowest BCUT2D eigenvalue weighted by molar-refractivity contribution is -0.129. The van der Waals surface area contributed by atoms with Crippen molar-refractivity contribution in [1.82, 2.24) is 9.62 Å². The standard InChI is InChI=1S/C14H21N3O3S/c1-15-21(19,20)13-6-4-12(5-7-13)16-9-8-14(18)17-10-2-3-11-17/h4-7,15-16H,2-3,8-11H2,1H3. The number of likely N-dealkylation sites (tertiary alicyclic amines) is 1. The van der Waals surface area contributed by atoms with Crippen molar-refractivity contribution in [2.24, 2.45) is 0 Å². The second-order valence-corrected chi connectivity index (χ2v) is 6.88. The third-order valence-electron chi connectivity index (χ3n) is 3.56. The van der Waals surface area contributed by atoms with E-state index in [1.54, 1.807) is 12.1 Å². The summed E-state index contributed by atoms with van der Waals surface area (Å²) in [5, 5.41) is 3.13. The van der Waals surface area contributed by atoms with Gasteiger partial charge in [-0.15, -0.1) is 0 Å². The van der Waals surface area contributed by atoms with Crippen molar-refractivity contribution in [1.29, 1.82) is 0 Å². The summed E-state index contributed by atoms with van der Waals surface area (Å²) >= 11 is 0. The quantitative estimate of drug-likeness (QED) is 0.822. The lowest BCUT2D eigenvalue weighted by atomic mass is 10.3. The molecule has 0 atom stereocenters. The van der Waals surface area contributed by atoms with Gasteiger partial charge in [0, 0.05) is 31.7 Å². The molecule has 0 radical (unpaired) electrons. The number of nitrogens with one attached hydrogen (secondary N) is 2. The van der Waals surface area contributed by atoms with Crippen LogP contribution in [0.1, 0.15) is 19.3 Å². The molecule has 21 heavy (non-hydrogen) atoms. The Morgan fingerprint density at radius 2 is 1.81 bits per heavy atom. The summed E-state index contributed by atoms with van der Waals surface area (Å²) < 4.78 is 25.4. The highest BCUT2D eigenvalue weighted by Gasteiger charge is 2.17. The maximum atomic E-state index is 11.9. The smallest absolute Gasteiger partial charge is 0.240 e. The summed E-state index contributed by atoms with van der Waals surface area (Å²) in [6, 6.07) is 6.47. The third-order valence-corrected chi connectivity index (χ3v) is 4.99. The van der Waals surface area contributed by atoms with Crippen molar-refractivity contribution in [2.75, 3.05) is 32.0 Å². The summed E-state index contributed by atoms with van der Waals surface area (Å²) in [6.07, 6.45) is 2.65. The Morgan fingerprint density at radius 1 is 1.19 bits per heavy atom. The van der Waals surface area contributed by atoms with Crippen LogP contribution in [0.15, 0.2) is 29.2 Å². The Balaban J connectivity index is 1.82. The maximum Gasteiger partial charge on any atom is 0.240 e. The van der Waals surface area contributed by atoms with Gasteiger partial charge in [-0.3, -0.25) is 4.79 Å². The number of rotatable bonds is 6. The van der Waals surface area contributed by atoms with Crippen LogP contribution in [-0.4, -0.2) is 45.9 Å². The average Bonchev–Trinajstić information content (AvgIpc) is 3.02. The average molecular weight is 311 g/mol. The number of sulfonamides is 1. The molecule has 1 aliphatic rings.